The van der Waals surface area contributed by atoms with Crippen LogP contribution >= 0.6 is 11.9 Å². The molecule has 6 rings (SSSR count). The second-order valence-corrected chi connectivity index (χ2v) is 11.7. The van der Waals surface area contributed by atoms with Crippen LogP contribution in [0.1, 0.15) is 40.8 Å². The number of halogens is 2. The Morgan fingerprint density at radius 3 is 2.67 bits per heavy atom. The first kappa shape index (κ1) is 29.7. The number of aromatic nitrogens is 2. The molecule has 0 bridgehead atoms. The maximum atomic E-state index is 13.3. The van der Waals surface area contributed by atoms with Gasteiger partial charge in [-0.2, -0.15) is 10.4 Å². The molecule has 2 aliphatic carbocycles. The summed E-state index contributed by atoms with van der Waals surface area (Å²) in [6, 6.07) is 24.1. The van der Waals surface area contributed by atoms with Gasteiger partial charge in [-0.05, 0) is 97.2 Å². The Kier molecular flexibility index (Phi) is 9.53. The molecule has 4 aromatic rings. The van der Waals surface area contributed by atoms with E-state index >= 15 is 0 Å². The van der Waals surface area contributed by atoms with Crippen LogP contribution in [0, 0.1) is 41.2 Å². The summed E-state index contributed by atoms with van der Waals surface area (Å²) in [6.07, 6.45) is 7.02. The largest absolute Gasteiger partial charge is 0.396 e. The van der Waals surface area contributed by atoms with Crippen LogP contribution < -0.4 is 4.72 Å². The van der Waals surface area contributed by atoms with Gasteiger partial charge in [0.1, 0.15) is 11.6 Å². The molecule has 2 N–H and O–H groups in total. The quantitative estimate of drug-likeness (QED) is 0.173. The zero-order chi connectivity index (χ0) is 29.5. The Bertz CT molecular complexity index is 1590. The Balaban J connectivity index is 0.000000300. The molecule has 2 aliphatic rings. The van der Waals surface area contributed by atoms with Gasteiger partial charge in [-0.25, -0.2) is 13.5 Å². The molecular formula is C34H34F2N4OS. The molecule has 1 heterocycles. The molecule has 0 amide bonds. The van der Waals surface area contributed by atoms with Crippen LogP contribution in [0.25, 0.3) is 11.8 Å². The summed E-state index contributed by atoms with van der Waals surface area (Å²) in [6.45, 7) is 2.92. The van der Waals surface area contributed by atoms with Crippen molar-refractivity contribution in [1.29, 1.82) is 5.26 Å². The van der Waals surface area contributed by atoms with Gasteiger partial charge < -0.3 is 5.11 Å². The normalized spacial score (nSPS) is 18.7. The van der Waals surface area contributed by atoms with Crippen molar-refractivity contribution in [2.24, 2.45) is 11.3 Å². The number of nitrogens with one attached hydrogen (secondary N) is 1. The highest BCUT2D eigenvalue weighted by Gasteiger charge is 2.49. The Labute approximate surface area is 250 Å². The van der Waals surface area contributed by atoms with Crippen LogP contribution in [0.15, 0.2) is 84.6 Å². The van der Waals surface area contributed by atoms with Crippen molar-refractivity contribution in [1.82, 2.24) is 14.5 Å². The summed E-state index contributed by atoms with van der Waals surface area (Å²) in [5.74, 6) is 0.677. The molecule has 0 radical (unpaired) electrons. The second-order valence-electron chi connectivity index (χ2n) is 10.8. The summed E-state index contributed by atoms with van der Waals surface area (Å²) >= 11 is 1.71. The number of rotatable bonds is 8. The first-order valence-corrected chi connectivity index (χ1v) is 15.1. The van der Waals surface area contributed by atoms with Crippen molar-refractivity contribution in [2.45, 2.75) is 38.4 Å². The highest BCUT2D eigenvalue weighted by atomic mass is 32.2. The van der Waals surface area contributed by atoms with Gasteiger partial charge in [0.2, 0.25) is 0 Å². The van der Waals surface area contributed by atoms with Gasteiger partial charge in [0.05, 0.1) is 29.1 Å². The van der Waals surface area contributed by atoms with Crippen molar-refractivity contribution in [3.63, 3.8) is 0 Å². The van der Waals surface area contributed by atoms with Gasteiger partial charge in [-0.15, -0.1) is 0 Å². The monoisotopic (exact) mass is 584 g/mol. The van der Waals surface area contributed by atoms with Gasteiger partial charge in [0.15, 0.2) is 0 Å². The fraction of sp³-hybridized carbons (Fsp3) is 0.294. The molecule has 42 heavy (non-hydrogen) atoms. The lowest BCUT2D eigenvalue weighted by atomic mass is 9.69. The van der Waals surface area contributed by atoms with Gasteiger partial charge in [-0.3, -0.25) is 4.72 Å². The molecular weight excluding hydrogens is 550 g/mol. The number of nitriles is 1. The molecule has 1 aromatic heterocycles. The molecule has 1 fully saturated rings. The minimum Gasteiger partial charge on any atom is -0.396 e. The lowest BCUT2D eigenvalue weighted by Gasteiger charge is -2.33. The van der Waals surface area contributed by atoms with Gasteiger partial charge in [0.25, 0.3) is 0 Å². The molecule has 3 aromatic carbocycles. The fourth-order valence-electron chi connectivity index (χ4n) is 5.85. The van der Waals surface area contributed by atoms with E-state index < -0.39 is 5.41 Å². The summed E-state index contributed by atoms with van der Waals surface area (Å²) in [7, 11) is 0. The highest BCUT2D eigenvalue weighted by molar-refractivity contribution is 7.96. The maximum absolute atomic E-state index is 13.3. The molecule has 0 aliphatic heterocycles. The number of allylic oxidation sites excluding steroid dienone is 1. The van der Waals surface area contributed by atoms with E-state index in [2.05, 4.69) is 53.2 Å². The number of aliphatic hydroxyl groups is 1. The minimum absolute atomic E-state index is 0.000926. The Hall–Kier alpha value is -3.77. The number of aliphatic hydroxyl groups excluding tert-OH is 1. The molecule has 0 spiro atoms. The van der Waals surface area contributed by atoms with Crippen LogP contribution in [0.5, 0.6) is 0 Å². The minimum atomic E-state index is -0.472. The molecule has 2 unspecified atom stereocenters. The Morgan fingerprint density at radius 2 is 1.93 bits per heavy atom. The van der Waals surface area contributed by atoms with Gasteiger partial charge >= 0.3 is 0 Å². The standard InChI is InChI=1S/C26H25FN4S.C8H9FO/c1-18-3-2-4-19(11-18)16-32-30-15-22-6-5-21-12-25-20(13-26(21,22)17-28)14-29-31(25)24-9-7-23(27)8-10-24;9-8-4-2-1-3-7(8)5-6-10/h2-4,7-12,14,22,30H,5-6,13,15-16H2,1H3;1-4,10H,5-6H2. The number of hydrogen-bond donors (Lipinski definition) is 2. The summed E-state index contributed by atoms with van der Waals surface area (Å²) < 4.78 is 31.4. The molecule has 0 saturated heterocycles. The number of aryl methyl sites for hydroxylation is 1. The third-order valence-electron chi connectivity index (χ3n) is 8.06. The van der Waals surface area contributed by atoms with Crippen molar-refractivity contribution in [2.75, 3.05) is 13.2 Å². The van der Waals surface area contributed by atoms with Gasteiger partial charge in [0, 0.05) is 18.9 Å². The Morgan fingerprint density at radius 1 is 1.12 bits per heavy atom. The van der Waals surface area contributed by atoms with Crippen LogP contribution in [-0.2, 0) is 18.6 Å². The summed E-state index contributed by atoms with van der Waals surface area (Å²) in [5, 5.41) is 23.3. The lowest BCUT2D eigenvalue weighted by molar-refractivity contribution is 0.297. The van der Waals surface area contributed by atoms with E-state index in [-0.39, 0.29) is 24.2 Å². The average molecular weight is 585 g/mol. The number of nitrogens with zero attached hydrogens (tertiary/aromatic N) is 3. The van der Waals surface area contributed by atoms with E-state index in [4.69, 9.17) is 5.11 Å². The smallest absolute Gasteiger partial charge is 0.126 e. The predicted molar refractivity (Wildman–Crippen MR) is 164 cm³/mol. The van der Waals surface area contributed by atoms with E-state index in [9.17, 15) is 14.0 Å². The number of hydrogen-bond acceptors (Lipinski definition) is 5. The topological polar surface area (TPSA) is 73.9 Å². The van der Waals surface area contributed by atoms with Crippen molar-refractivity contribution in [3.8, 4) is 11.8 Å². The molecule has 1 saturated carbocycles. The predicted octanol–water partition coefficient (Wildman–Crippen LogP) is 6.98. The summed E-state index contributed by atoms with van der Waals surface area (Å²) in [4.78, 5) is 0. The zero-order valence-electron chi connectivity index (χ0n) is 23.6. The van der Waals surface area contributed by atoms with Crippen molar-refractivity contribution in [3.05, 3.63) is 124 Å². The van der Waals surface area contributed by atoms with Crippen molar-refractivity contribution < 1.29 is 13.9 Å². The fourth-order valence-corrected chi connectivity index (χ4v) is 6.62. The molecule has 8 heteroatoms. The summed E-state index contributed by atoms with van der Waals surface area (Å²) in [5.41, 5.74) is 6.81. The van der Waals surface area contributed by atoms with E-state index in [1.165, 1.54) is 34.9 Å². The average Bonchev–Trinajstić information content (AvgIpc) is 3.57. The van der Waals surface area contributed by atoms with Crippen LogP contribution in [-0.4, -0.2) is 28.0 Å². The van der Waals surface area contributed by atoms with E-state index in [1.54, 1.807) is 42.3 Å². The van der Waals surface area contributed by atoms with Crippen LogP contribution in [0.4, 0.5) is 8.78 Å². The third kappa shape index (κ3) is 6.49. The first-order chi connectivity index (χ1) is 20.4. The van der Waals surface area contributed by atoms with E-state index in [0.29, 0.717) is 18.4 Å². The SMILES string of the molecule is Cc1cccc(CSNCC2CCC3=Cc4c(cnn4-c4ccc(F)cc4)CC32C#N)c1.OCCc1ccccc1F. The lowest BCUT2D eigenvalue weighted by Crippen LogP contribution is -2.35. The highest BCUT2D eigenvalue weighted by Crippen LogP contribution is 2.53. The molecule has 5 nitrogen and oxygen atoms in total. The van der Waals surface area contributed by atoms with E-state index in [0.717, 1.165) is 42.1 Å². The van der Waals surface area contributed by atoms with E-state index in [1.807, 2.05) is 10.9 Å². The van der Waals surface area contributed by atoms with Crippen LogP contribution in [0.2, 0.25) is 0 Å². The first-order valence-electron chi connectivity index (χ1n) is 14.1. The second kappa shape index (κ2) is 13.5. The van der Waals surface area contributed by atoms with Crippen LogP contribution in [0.3, 0.4) is 0 Å². The zero-order valence-corrected chi connectivity index (χ0v) is 24.4. The van der Waals surface area contributed by atoms with Crippen molar-refractivity contribution >= 4 is 18.0 Å². The third-order valence-corrected chi connectivity index (χ3v) is 8.91. The molecule has 2 atom stereocenters. The molecule has 216 valence electrons. The van der Waals surface area contributed by atoms with Gasteiger partial charge in [-0.1, -0.05) is 60.0 Å². The maximum Gasteiger partial charge on any atom is 0.126 e. The number of fused-ring (bicyclic) bond motifs is 2. The number of benzene rings is 3.